The van der Waals surface area contributed by atoms with Crippen molar-refractivity contribution < 1.29 is 13.2 Å². The summed E-state index contributed by atoms with van der Waals surface area (Å²) in [5.74, 6) is -0.111. The van der Waals surface area contributed by atoms with Gasteiger partial charge in [0.25, 0.3) is 0 Å². The van der Waals surface area contributed by atoms with Crippen LogP contribution in [0.1, 0.15) is 35.9 Å². The van der Waals surface area contributed by atoms with E-state index in [1.54, 1.807) is 38.2 Å². The Balaban J connectivity index is 1.63. The predicted molar refractivity (Wildman–Crippen MR) is 109 cm³/mol. The molecule has 0 aliphatic carbocycles. The van der Waals surface area contributed by atoms with E-state index in [0.717, 1.165) is 22.6 Å². The highest BCUT2D eigenvalue weighted by molar-refractivity contribution is 7.89. The molecule has 1 aliphatic rings. The number of aromatic nitrogens is 3. The van der Waals surface area contributed by atoms with E-state index in [2.05, 4.69) is 15.4 Å². The zero-order chi connectivity index (χ0) is 20.8. The molecule has 0 fully saturated rings. The molecule has 0 radical (unpaired) electrons. The summed E-state index contributed by atoms with van der Waals surface area (Å²) in [6.07, 6.45) is 2.67. The fourth-order valence-corrected chi connectivity index (χ4v) is 5.26. The number of benzene rings is 1. The van der Waals surface area contributed by atoms with Crippen LogP contribution in [0.5, 0.6) is 0 Å². The van der Waals surface area contributed by atoms with Crippen molar-refractivity contribution in [3.8, 4) is 0 Å². The molecule has 0 atom stereocenters. The number of nitrogens with one attached hydrogen (secondary N) is 1. The molecule has 1 N–H and O–H groups in total. The van der Waals surface area contributed by atoms with Gasteiger partial charge in [-0.05, 0) is 37.6 Å². The van der Waals surface area contributed by atoms with Crippen molar-refractivity contribution in [1.82, 2.24) is 18.9 Å². The van der Waals surface area contributed by atoms with Gasteiger partial charge in [0.15, 0.2) is 5.65 Å². The predicted octanol–water partition coefficient (Wildman–Crippen LogP) is 2.44. The first-order chi connectivity index (χ1) is 13.8. The van der Waals surface area contributed by atoms with Crippen molar-refractivity contribution in [2.75, 3.05) is 11.9 Å². The number of rotatable bonds is 4. The van der Waals surface area contributed by atoms with Crippen molar-refractivity contribution in [2.45, 2.75) is 45.1 Å². The molecule has 0 saturated heterocycles. The number of hydrogen-bond donors (Lipinski definition) is 1. The molecular formula is C20H23N5O3S. The largest absolute Gasteiger partial charge is 0.326 e. The Labute approximate surface area is 169 Å². The molecule has 3 aromatic rings. The maximum atomic E-state index is 13.3. The average molecular weight is 414 g/mol. The van der Waals surface area contributed by atoms with Gasteiger partial charge < -0.3 is 5.32 Å². The maximum Gasteiger partial charge on any atom is 0.243 e. The number of anilines is 1. The average Bonchev–Trinajstić information content (AvgIpc) is 3.08. The second kappa shape index (κ2) is 7.23. The number of aryl methyl sites for hydroxylation is 2. The molecule has 9 heteroatoms. The Morgan fingerprint density at radius 2 is 2.03 bits per heavy atom. The van der Waals surface area contributed by atoms with E-state index >= 15 is 0 Å². The topological polar surface area (TPSA) is 96.7 Å². The first-order valence-corrected chi connectivity index (χ1v) is 11.0. The molecule has 0 bridgehead atoms. The number of carbonyl (C=O) groups is 1. The van der Waals surface area contributed by atoms with Crippen LogP contribution in [-0.2, 0) is 27.8 Å². The van der Waals surface area contributed by atoms with Crippen molar-refractivity contribution >= 4 is 27.3 Å². The van der Waals surface area contributed by atoms with Gasteiger partial charge in [-0.2, -0.15) is 9.40 Å². The molecule has 3 heterocycles. The lowest BCUT2D eigenvalue weighted by atomic mass is 10.1. The smallest absolute Gasteiger partial charge is 0.243 e. The Hall–Kier alpha value is -2.78. The summed E-state index contributed by atoms with van der Waals surface area (Å²) in [6, 6.07) is 6.79. The van der Waals surface area contributed by atoms with E-state index in [9.17, 15) is 13.2 Å². The third-order valence-corrected chi connectivity index (χ3v) is 7.14. The lowest BCUT2D eigenvalue weighted by Gasteiger charge is -2.28. The summed E-state index contributed by atoms with van der Waals surface area (Å²) >= 11 is 0. The van der Waals surface area contributed by atoms with E-state index in [0.29, 0.717) is 30.6 Å². The van der Waals surface area contributed by atoms with Gasteiger partial charge in [-0.25, -0.2) is 17.9 Å². The highest BCUT2D eigenvalue weighted by Gasteiger charge is 2.31. The van der Waals surface area contributed by atoms with Crippen LogP contribution in [0.4, 0.5) is 5.69 Å². The fourth-order valence-electron chi connectivity index (χ4n) is 3.64. The van der Waals surface area contributed by atoms with Crippen LogP contribution in [0.15, 0.2) is 35.4 Å². The normalized spacial score (nSPS) is 14.7. The number of fused-ring (bicyclic) bond motifs is 3. The summed E-state index contributed by atoms with van der Waals surface area (Å²) < 4.78 is 29.8. The monoisotopic (exact) mass is 413 g/mol. The van der Waals surface area contributed by atoms with Gasteiger partial charge in [0, 0.05) is 49.4 Å². The first-order valence-electron chi connectivity index (χ1n) is 9.53. The van der Waals surface area contributed by atoms with Crippen LogP contribution >= 0.6 is 0 Å². The highest BCUT2D eigenvalue weighted by Crippen LogP contribution is 2.28. The number of nitrogens with zero attached hydrogens (tertiary/aromatic N) is 4. The van der Waals surface area contributed by atoms with Crippen LogP contribution in [0.25, 0.3) is 5.65 Å². The molecule has 8 nitrogen and oxygen atoms in total. The Kier molecular flexibility index (Phi) is 4.87. The zero-order valence-electron chi connectivity index (χ0n) is 16.6. The van der Waals surface area contributed by atoms with E-state index in [4.69, 9.17) is 0 Å². The van der Waals surface area contributed by atoms with E-state index < -0.39 is 10.0 Å². The van der Waals surface area contributed by atoms with Crippen molar-refractivity contribution in [3.63, 3.8) is 0 Å². The van der Waals surface area contributed by atoms with Crippen LogP contribution in [-0.4, -0.2) is 39.8 Å². The molecule has 1 aromatic carbocycles. The van der Waals surface area contributed by atoms with E-state index in [1.807, 2.05) is 17.5 Å². The number of hydrogen-bond acceptors (Lipinski definition) is 5. The van der Waals surface area contributed by atoms with Gasteiger partial charge in [-0.1, -0.05) is 6.92 Å². The van der Waals surface area contributed by atoms with Gasteiger partial charge in [0.05, 0.1) is 16.3 Å². The summed E-state index contributed by atoms with van der Waals surface area (Å²) in [5, 5.41) is 7.24. The van der Waals surface area contributed by atoms with Gasteiger partial charge in [-0.3, -0.25) is 4.79 Å². The number of carbonyl (C=O) groups excluding carboxylic acids is 1. The summed E-state index contributed by atoms with van der Waals surface area (Å²) in [4.78, 5) is 16.2. The quantitative estimate of drug-likeness (QED) is 0.709. The molecule has 152 valence electrons. The van der Waals surface area contributed by atoms with Crippen LogP contribution < -0.4 is 5.32 Å². The number of sulfonamides is 1. The maximum absolute atomic E-state index is 13.3. The molecule has 2 aromatic heterocycles. The summed E-state index contributed by atoms with van der Waals surface area (Å²) in [7, 11) is -3.67. The Bertz CT molecular complexity index is 1220. The Morgan fingerprint density at radius 1 is 1.24 bits per heavy atom. The Morgan fingerprint density at radius 3 is 2.76 bits per heavy atom. The van der Waals surface area contributed by atoms with Crippen LogP contribution in [0, 0.1) is 13.8 Å². The molecule has 29 heavy (non-hydrogen) atoms. The van der Waals surface area contributed by atoms with Crippen molar-refractivity contribution in [1.29, 1.82) is 0 Å². The lowest BCUT2D eigenvalue weighted by Crippen LogP contribution is -2.37. The molecule has 0 unspecified atom stereocenters. The van der Waals surface area contributed by atoms with Gasteiger partial charge >= 0.3 is 0 Å². The lowest BCUT2D eigenvalue weighted by molar-refractivity contribution is -0.115. The number of amides is 1. The summed E-state index contributed by atoms with van der Waals surface area (Å²) in [6.45, 7) is 6.05. The summed E-state index contributed by atoms with van der Waals surface area (Å²) in [5.41, 5.74) is 4.72. The van der Waals surface area contributed by atoms with Crippen LogP contribution in [0.3, 0.4) is 0 Å². The van der Waals surface area contributed by atoms with Crippen LogP contribution in [0.2, 0.25) is 0 Å². The molecule has 1 aliphatic heterocycles. The SMILES string of the molecule is CCC(=O)Nc1ccc(S(=O)(=O)N2CCc3c(cnc4cc(C)nn34)C2)c(C)c1. The fraction of sp³-hybridized carbons (Fsp3) is 0.350. The second-order valence-electron chi connectivity index (χ2n) is 7.26. The molecule has 4 rings (SSSR count). The van der Waals surface area contributed by atoms with Gasteiger partial charge in [-0.15, -0.1) is 0 Å². The van der Waals surface area contributed by atoms with Crippen molar-refractivity contribution in [2.24, 2.45) is 0 Å². The third kappa shape index (κ3) is 3.51. The minimum Gasteiger partial charge on any atom is -0.326 e. The molecule has 1 amide bonds. The van der Waals surface area contributed by atoms with E-state index in [1.165, 1.54) is 4.31 Å². The molecule has 0 saturated carbocycles. The standard InChI is InChI=1S/C20H23N5O3S/c1-4-20(26)22-16-5-6-18(13(2)9-16)29(27,28)24-8-7-17-15(12-24)11-21-19-10-14(3)23-25(17)19/h5-6,9-11H,4,7-8,12H2,1-3H3,(H,22,26). The minimum atomic E-state index is -3.67. The zero-order valence-corrected chi connectivity index (χ0v) is 17.5. The highest BCUT2D eigenvalue weighted by atomic mass is 32.2. The molecular weight excluding hydrogens is 390 g/mol. The second-order valence-corrected chi connectivity index (χ2v) is 9.16. The van der Waals surface area contributed by atoms with Gasteiger partial charge in [0.1, 0.15) is 0 Å². The van der Waals surface area contributed by atoms with Crippen molar-refractivity contribution in [3.05, 3.63) is 53.0 Å². The van der Waals surface area contributed by atoms with Gasteiger partial charge in [0.2, 0.25) is 15.9 Å². The third-order valence-electron chi connectivity index (χ3n) is 5.13. The first kappa shape index (κ1) is 19.5. The van der Waals surface area contributed by atoms with E-state index in [-0.39, 0.29) is 17.3 Å². The minimum absolute atomic E-state index is 0.111. The molecule has 0 spiro atoms.